The lowest BCUT2D eigenvalue weighted by Crippen LogP contribution is -2.31. The molecule has 0 fully saturated rings. The molecular weight excluding hydrogens is 364 g/mol. The summed E-state index contributed by atoms with van der Waals surface area (Å²) in [5, 5.41) is 0. The van der Waals surface area contributed by atoms with E-state index < -0.39 is 0 Å². The molecular formula is C22H18N6O. The first-order valence-electron chi connectivity index (χ1n) is 9.31. The Kier molecular flexibility index (Phi) is 4.25. The zero-order valence-electron chi connectivity index (χ0n) is 15.6. The molecule has 0 aliphatic rings. The van der Waals surface area contributed by atoms with Crippen LogP contribution in [-0.4, -0.2) is 34.6 Å². The lowest BCUT2D eigenvalue weighted by atomic mass is 10.2. The molecule has 7 nitrogen and oxygen atoms in total. The van der Waals surface area contributed by atoms with Gasteiger partial charge in [-0.2, -0.15) is 0 Å². The quantitative estimate of drug-likeness (QED) is 0.468. The molecule has 7 heteroatoms. The van der Waals surface area contributed by atoms with Crippen molar-refractivity contribution in [1.82, 2.24) is 28.7 Å². The van der Waals surface area contributed by atoms with Gasteiger partial charge in [0.1, 0.15) is 11.3 Å². The fourth-order valence-corrected chi connectivity index (χ4v) is 3.47. The second-order valence-electron chi connectivity index (χ2n) is 6.76. The molecule has 0 aliphatic heterocycles. The molecule has 5 aromatic rings. The largest absolute Gasteiger partial charge is 0.327 e. The summed E-state index contributed by atoms with van der Waals surface area (Å²) in [4.78, 5) is 28.1. The summed E-state index contributed by atoms with van der Waals surface area (Å²) in [5.41, 5.74) is 4.13. The minimum atomic E-state index is -0.0881. The Bertz CT molecular complexity index is 1210. The molecule has 5 rings (SSSR count). The number of pyridine rings is 3. The van der Waals surface area contributed by atoms with E-state index in [2.05, 4.69) is 15.0 Å². The van der Waals surface area contributed by atoms with Gasteiger partial charge in [-0.1, -0.05) is 12.1 Å². The van der Waals surface area contributed by atoms with Crippen LogP contribution in [0.15, 0.2) is 85.7 Å². The van der Waals surface area contributed by atoms with Gasteiger partial charge >= 0.3 is 0 Å². The maximum atomic E-state index is 13.3. The molecule has 0 saturated heterocycles. The Morgan fingerprint density at radius 3 is 1.97 bits per heavy atom. The van der Waals surface area contributed by atoms with Gasteiger partial charge in [-0.25, -0.2) is 9.97 Å². The molecule has 0 spiro atoms. The van der Waals surface area contributed by atoms with Crippen LogP contribution in [0.2, 0.25) is 0 Å². The molecule has 5 heterocycles. The van der Waals surface area contributed by atoms with Crippen molar-refractivity contribution >= 4 is 17.2 Å². The smallest absolute Gasteiger partial charge is 0.256 e. The van der Waals surface area contributed by atoms with Crippen LogP contribution in [-0.2, 0) is 13.1 Å². The predicted molar refractivity (Wildman–Crippen MR) is 108 cm³/mol. The van der Waals surface area contributed by atoms with Crippen molar-refractivity contribution < 1.29 is 4.79 Å². The lowest BCUT2D eigenvalue weighted by Gasteiger charge is -2.22. The van der Waals surface area contributed by atoms with Crippen molar-refractivity contribution in [3.05, 3.63) is 103 Å². The molecule has 0 aromatic carbocycles. The predicted octanol–water partition coefficient (Wildman–Crippen LogP) is 3.22. The van der Waals surface area contributed by atoms with Crippen LogP contribution in [0.4, 0.5) is 0 Å². The normalized spacial score (nSPS) is 11.2. The van der Waals surface area contributed by atoms with E-state index in [1.165, 1.54) is 0 Å². The van der Waals surface area contributed by atoms with Crippen molar-refractivity contribution in [3.8, 4) is 0 Å². The number of aromatic nitrogens is 5. The lowest BCUT2D eigenvalue weighted by molar-refractivity contribution is 0.0724. The van der Waals surface area contributed by atoms with E-state index in [1.807, 2.05) is 70.0 Å². The topological polar surface area (TPSA) is 67.8 Å². The molecule has 1 amide bonds. The van der Waals surface area contributed by atoms with Crippen LogP contribution in [0.1, 0.15) is 21.7 Å². The van der Waals surface area contributed by atoms with Crippen molar-refractivity contribution in [2.45, 2.75) is 13.1 Å². The van der Waals surface area contributed by atoms with E-state index in [-0.39, 0.29) is 5.91 Å². The third kappa shape index (κ3) is 3.23. The summed E-state index contributed by atoms with van der Waals surface area (Å²) in [6.07, 6.45) is 10.8. The van der Waals surface area contributed by atoms with Crippen LogP contribution in [0.25, 0.3) is 11.3 Å². The summed E-state index contributed by atoms with van der Waals surface area (Å²) in [5.74, 6) is -0.0881. The molecule has 29 heavy (non-hydrogen) atoms. The second kappa shape index (κ2) is 7.20. The first-order chi connectivity index (χ1) is 14.3. The van der Waals surface area contributed by atoms with Gasteiger partial charge in [0, 0.05) is 24.8 Å². The molecule has 0 radical (unpaired) electrons. The van der Waals surface area contributed by atoms with E-state index in [9.17, 15) is 4.79 Å². The highest BCUT2D eigenvalue weighted by atomic mass is 16.2. The summed E-state index contributed by atoms with van der Waals surface area (Å²) >= 11 is 0. The molecule has 5 aromatic heterocycles. The first-order valence-corrected chi connectivity index (χ1v) is 9.31. The van der Waals surface area contributed by atoms with E-state index in [0.29, 0.717) is 18.7 Å². The molecule has 0 aliphatic carbocycles. The first kappa shape index (κ1) is 17.1. The zero-order valence-corrected chi connectivity index (χ0v) is 15.6. The summed E-state index contributed by atoms with van der Waals surface area (Å²) in [6, 6.07) is 15.2. The monoisotopic (exact) mass is 382 g/mol. The van der Waals surface area contributed by atoms with E-state index in [0.717, 1.165) is 22.7 Å². The Labute approximate surface area is 166 Å². The fraction of sp³-hybridized carbons (Fsp3) is 0.0909. The van der Waals surface area contributed by atoms with Crippen LogP contribution >= 0.6 is 0 Å². The highest BCUT2D eigenvalue weighted by Crippen LogP contribution is 2.16. The number of fused-ring (bicyclic) bond motifs is 2. The maximum absolute atomic E-state index is 13.3. The number of hydrogen-bond donors (Lipinski definition) is 0. The van der Waals surface area contributed by atoms with Gasteiger partial charge in [-0.05, 0) is 36.4 Å². The van der Waals surface area contributed by atoms with Crippen LogP contribution in [0, 0.1) is 0 Å². The number of amides is 1. The van der Waals surface area contributed by atoms with E-state index >= 15 is 0 Å². The SMILES string of the molecule is O=C(c1cccnc1)N(Cc1cnc2ccccn12)Cc1cnc2ccccn12. The third-order valence-corrected chi connectivity index (χ3v) is 4.89. The van der Waals surface area contributed by atoms with Gasteiger partial charge in [0.05, 0.1) is 42.4 Å². The summed E-state index contributed by atoms with van der Waals surface area (Å²) in [6.45, 7) is 0.831. The van der Waals surface area contributed by atoms with E-state index in [1.54, 1.807) is 29.4 Å². The minimum absolute atomic E-state index is 0.0881. The summed E-state index contributed by atoms with van der Waals surface area (Å²) < 4.78 is 4.00. The van der Waals surface area contributed by atoms with Crippen molar-refractivity contribution in [1.29, 1.82) is 0 Å². The summed E-state index contributed by atoms with van der Waals surface area (Å²) in [7, 11) is 0. The van der Waals surface area contributed by atoms with Crippen molar-refractivity contribution in [2.24, 2.45) is 0 Å². The van der Waals surface area contributed by atoms with Crippen molar-refractivity contribution in [3.63, 3.8) is 0 Å². The Hall–Kier alpha value is -4.00. The molecule has 0 unspecified atom stereocenters. The highest BCUT2D eigenvalue weighted by Gasteiger charge is 2.20. The number of carbonyl (C=O) groups is 1. The van der Waals surface area contributed by atoms with E-state index in [4.69, 9.17) is 0 Å². The van der Waals surface area contributed by atoms with Gasteiger partial charge in [-0.3, -0.25) is 9.78 Å². The van der Waals surface area contributed by atoms with Crippen LogP contribution < -0.4 is 0 Å². The maximum Gasteiger partial charge on any atom is 0.256 e. The molecule has 0 N–H and O–H groups in total. The Balaban J connectivity index is 1.53. The number of carbonyl (C=O) groups excluding carboxylic acids is 1. The number of rotatable bonds is 5. The van der Waals surface area contributed by atoms with Gasteiger partial charge in [0.2, 0.25) is 0 Å². The Morgan fingerprint density at radius 2 is 1.41 bits per heavy atom. The van der Waals surface area contributed by atoms with Gasteiger partial charge in [0.25, 0.3) is 5.91 Å². The van der Waals surface area contributed by atoms with Gasteiger partial charge in [0.15, 0.2) is 0 Å². The number of hydrogen-bond acceptors (Lipinski definition) is 4. The number of imidazole rings is 2. The number of nitrogens with zero attached hydrogens (tertiary/aromatic N) is 6. The molecule has 142 valence electrons. The van der Waals surface area contributed by atoms with Crippen molar-refractivity contribution in [2.75, 3.05) is 0 Å². The molecule has 0 atom stereocenters. The van der Waals surface area contributed by atoms with Crippen LogP contribution in [0.3, 0.4) is 0 Å². The second-order valence-corrected chi connectivity index (χ2v) is 6.76. The van der Waals surface area contributed by atoms with Gasteiger partial charge in [-0.15, -0.1) is 0 Å². The fourth-order valence-electron chi connectivity index (χ4n) is 3.47. The highest BCUT2D eigenvalue weighted by molar-refractivity contribution is 5.93. The molecule has 0 bridgehead atoms. The van der Waals surface area contributed by atoms with Gasteiger partial charge < -0.3 is 13.7 Å². The third-order valence-electron chi connectivity index (χ3n) is 4.89. The zero-order chi connectivity index (χ0) is 19.6. The molecule has 0 saturated carbocycles. The average molecular weight is 382 g/mol. The Morgan fingerprint density at radius 1 is 0.793 bits per heavy atom. The van der Waals surface area contributed by atoms with Crippen LogP contribution in [0.5, 0.6) is 0 Å². The average Bonchev–Trinajstić information content (AvgIpc) is 3.38. The standard InChI is InChI=1S/C22H18N6O/c29-22(17-6-5-9-23-12-17)26(15-18-13-24-20-7-1-3-10-27(18)20)16-19-14-25-21-8-2-4-11-28(19)21/h1-14H,15-16H2. The minimum Gasteiger partial charge on any atom is -0.327 e.